The minimum Gasteiger partial charge on any atom is -0.341 e. The lowest BCUT2D eigenvalue weighted by atomic mass is 9.87. The van der Waals surface area contributed by atoms with Gasteiger partial charge in [-0.05, 0) is 56.0 Å². The molecule has 1 aliphatic carbocycles. The second-order valence-corrected chi connectivity index (χ2v) is 6.41. The lowest BCUT2D eigenvalue weighted by Gasteiger charge is -2.34. The van der Waals surface area contributed by atoms with Crippen molar-refractivity contribution in [3.63, 3.8) is 0 Å². The first-order valence-electron chi connectivity index (χ1n) is 7.62. The van der Waals surface area contributed by atoms with Crippen molar-refractivity contribution in [3.05, 3.63) is 35.1 Å². The van der Waals surface area contributed by atoms with Gasteiger partial charge in [-0.25, -0.2) is 5.10 Å². The molecular weight excluding hydrogens is 280 g/mol. The van der Waals surface area contributed by atoms with E-state index in [1.54, 1.807) is 0 Å². The van der Waals surface area contributed by atoms with Crippen molar-refractivity contribution in [2.45, 2.75) is 38.6 Å². The van der Waals surface area contributed by atoms with Crippen molar-refractivity contribution >= 4 is 18.2 Å². The van der Waals surface area contributed by atoms with Gasteiger partial charge in [-0.15, -0.1) is 5.10 Å². The maximum Gasteiger partial charge on any atom is 0.230 e. The van der Waals surface area contributed by atoms with E-state index in [4.69, 9.17) is 12.2 Å². The Labute approximate surface area is 130 Å². The van der Waals surface area contributed by atoms with Gasteiger partial charge in [0.1, 0.15) is 0 Å². The number of rotatable bonds is 3. The second kappa shape index (κ2) is 6.02. The van der Waals surface area contributed by atoms with Gasteiger partial charge in [0.25, 0.3) is 0 Å². The van der Waals surface area contributed by atoms with Crippen LogP contribution in [0, 0.1) is 10.7 Å². The molecule has 1 aliphatic rings. The fourth-order valence-electron chi connectivity index (χ4n) is 3.13. The van der Waals surface area contributed by atoms with Gasteiger partial charge in [0, 0.05) is 13.1 Å². The smallest absolute Gasteiger partial charge is 0.230 e. The molecule has 1 aromatic heterocycles. The summed E-state index contributed by atoms with van der Waals surface area (Å²) in [5, 5.41) is 7.40. The van der Waals surface area contributed by atoms with E-state index in [-0.39, 0.29) is 0 Å². The number of hydrogen-bond donors (Lipinski definition) is 1. The Morgan fingerprint density at radius 1 is 1.19 bits per heavy atom. The van der Waals surface area contributed by atoms with Gasteiger partial charge in [0.2, 0.25) is 10.7 Å². The molecule has 0 bridgehead atoms. The predicted molar refractivity (Wildman–Crippen MR) is 88.6 cm³/mol. The van der Waals surface area contributed by atoms with Crippen molar-refractivity contribution in [2.75, 3.05) is 11.9 Å². The van der Waals surface area contributed by atoms with Crippen LogP contribution >= 0.6 is 12.2 Å². The van der Waals surface area contributed by atoms with E-state index in [0.717, 1.165) is 17.6 Å². The van der Waals surface area contributed by atoms with Crippen LogP contribution in [0.4, 0.5) is 5.95 Å². The maximum absolute atomic E-state index is 5.41. The molecule has 3 rings (SSSR count). The van der Waals surface area contributed by atoms with Gasteiger partial charge in [-0.3, -0.25) is 4.57 Å². The second-order valence-electron chi connectivity index (χ2n) is 6.02. The van der Waals surface area contributed by atoms with Crippen LogP contribution in [0.1, 0.15) is 32.6 Å². The average molecular weight is 302 g/mol. The monoisotopic (exact) mass is 302 g/mol. The Hall–Kier alpha value is -1.62. The summed E-state index contributed by atoms with van der Waals surface area (Å²) >= 11 is 5.41. The molecule has 0 atom stereocenters. The van der Waals surface area contributed by atoms with E-state index in [9.17, 15) is 0 Å². The standard InChI is InChI=1S/C16H22N4S/c1-12-8-10-13(11-9-12)19(2)15-17-18-16(21)20(15)14-6-4-3-5-7-14/h3-7,12-13H,8-11H2,1-2H3,(H,18,21). The topological polar surface area (TPSA) is 36.9 Å². The quantitative estimate of drug-likeness (QED) is 0.872. The zero-order valence-corrected chi connectivity index (χ0v) is 13.4. The molecule has 112 valence electrons. The Morgan fingerprint density at radius 2 is 1.86 bits per heavy atom. The number of aromatic amines is 1. The number of anilines is 1. The first-order valence-corrected chi connectivity index (χ1v) is 8.03. The van der Waals surface area contributed by atoms with Crippen LogP contribution in [0.3, 0.4) is 0 Å². The molecular formula is C16H22N4S. The minimum absolute atomic E-state index is 0.550. The molecule has 5 heteroatoms. The van der Waals surface area contributed by atoms with Crippen LogP contribution in [0.25, 0.3) is 5.69 Å². The summed E-state index contributed by atoms with van der Waals surface area (Å²) in [5.41, 5.74) is 1.06. The van der Waals surface area contributed by atoms with E-state index < -0.39 is 0 Å². The van der Waals surface area contributed by atoms with Crippen LogP contribution in [-0.2, 0) is 0 Å². The summed E-state index contributed by atoms with van der Waals surface area (Å²) in [6.07, 6.45) is 5.05. The SMILES string of the molecule is CC1CCC(N(C)c2n[nH]c(=S)n2-c2ccccc2)CC1. The number of aromatic nitrogens is 3. The number of nitrogens with one attached hydrogen (secondary N) is 1. The molecule has 1 saturated carbocycles. The average Bonchev–Trinajstić information content (AvgIpc) is 2.90. The molecule has 0 saturated heterocycles. The molecule has 0 radical (unpaired) electrons. The molecule has 2 aromatic rings. The summed E-state index contributed by atoms with van der Waals surface area (Å²) in [5.74, 6) is 1.76. The number of hydrogen-bond acceptors (Lipinski definition) is 3. The summed E-state index contributed by atoms with van der Waals surface area (Å²) in [4.78, 5) is 2.28. The zero-order valence-electron chi connectivity index (χ0n) is 12.6. The third-order valence-corrected chi connectivity index (χ3v) is 4.79. The molecule has 4 nitrogen and oxygen atoms in total. The summed E-state index contributed by atoms with van der Waals surface area (Å²) in [6.45, 7) is 2.34. The van der Waals surface area contributed by atoms with E-state index >= 15 is 0 Å². The minimum atomic E-state index is 0.550. The Balaban J connectivity index is 1.91. The highest BCUT2D eigenvalue weighted by molar-refractivity contribution is 7.71. The number of nitrogens with zero attached hydrogens (tertiary/aromatic N) is 3. The number of para-hydroxylation sites is 1. The molecule has 1 heterocycles. The van der Waals surface area contributed by atoms with Crippen LogP contribution in [-0.4, -0.2) is 27.9 Å². The van der Waals surface area contributed by atoms with Crippen LogP contribution in [0.5, 0.6) is 0 Å². The third-order valence-electron chi connectivity index (χ3n) is 4.52. The van der Waals surface area contributed by atoms with Crippen molar-refractivity contribution < 1.29 is 0 Å². The van der Waals surface area contributed by atoms with E-state index in [1.807, 2.05) is 22.8 Å². The molecule has 1 aromatic carbocycles. The Morgan fingerprint density at radius 3 is 2.52 bits per heavy atom. The largest absolute Gasteiger partial charge is 0.341 e. The van der Waals surface area contributed by atoms with Gasteiger partial charge < -0.3 is 4.90 Å². The molecule has 0 unspecified atom stereocenters. The highest BCUT2D eigenvalue weighted by Crippen LogP contribution is 2.29. The highest BCUT2D eigenvalue weighted by Gasteiger charge is 2.25. The lowest BCUT2D eigenvalue weighted by Crippen LogP contribution is -2.36. The third kappa shape index (κ3) is 2.88. The normalized spacial score (nSPS) is 22.2. The molecule has 0 amide bonds. The van der Waals surface area contributed by atoms with Crippen molar-refractivity contribution in [3.8, 4) is 5.69 Å². The molecule has 1 fully saturated rings. The van der Waals surface area contributed by atoms with Crippen molar-refractivity contribution in [2.24, 2.45) is 5.92 Å². The van der Waals surface area contributed by atoms with Gasteiger partial charge in [-0.1, -0.05) is 25.1 Å². The van der Waals surface area contributed by atoms with Crippen LogP contribution < -0.4 is 4.90 Å². The Kier molecular flexibility index (Phi) is 4.10. The first kappa shape index (κ1) is 14.3. The number of benzene rings is 1. The van der Waals surface area contributed by atoms with E-state index in [0.29, 0.717) is 10.8 Å². The predicted octanol–water partition coefficient (Wildman–Crippen LogP) is 3.94. The number of H-pyrrole nitrogens is 1. The summed E-state index contributed by atoms with van der Waals surface area (Å²) in [7, 11) is 2.13. The van der Waals surface area contributed by atoms with Gasteiger partial charge in [-0.2, -0.15) is 0 Å². The summed E-state index contributed by atoms with van der Waals surface area (Å²) < 4.78 is 2.67. The van der Waals surface area contributed by atoms with E-state index in [2.05, 4.69) is 41.2 Å². The molecule has 21 heavy (non-hydrogen) atoms. The Bertz CT molecular complexity index is 638. The fraction of sp³-hybridized carbons (Fsp3) is 0.500. The van der Waals surface area contributed by atoms with Crippen LogP contribution in [0.2, 0.25) is 0 Å². The fourth-order valence-corrected chi connectivity index (χ4v) is 3.36. The van der Waals surface area contributed by atoms with Gasteiger partial charge >= 0.3 is 0 Å². The summed E-state index contributed by atoms with van der Waals surface area (Å²) in [6, 6.07) is 10.7. The van der Waals surface area contributed by atoms with Gasteiger partial charge in [0.15, 0.2) is 0 Å². The van der Waals surface area contributed by atoms with Crippen molar-refractivity contribution in [1.82, 2.24) is 14.8 Å². The van der Waals surface area contributed by atoms with Crippen LogP contribution in [0.15, 0.2) is 30.3 Å². The van der Waals surface area contributed by atoms with Crippen molar-refractivity contribution in [1.29, 1.82) is 0 Å². The molecule has 0 aliphatic heterocycles. The van der Waals surface area contributed by atoms with Gasteiger partial charge in [0.05, 0.1) is 5.69 Å². The van der Waals surface area contributed by atoms with E-state index in [1.165, 1.54) is 25.7 Å². The lowest BCUT2D eigenvalue weighted by molar-refractivity contribution is 0.338. The molecule has 0 spiro atoms. The first-order chi connectivity index (χ1) is 10.2. The highest BCUT2D eigenvalue weighted by atomic mass is 32.1. The zero-order chi connectivity index (χ0) is 14.8. The maximum atomic E-state index is 5.41. The molecule has 1 N–H and O–H groups in total.